The van der Waals surface area contributed by atoms with E-state index in [1.165, 1.54) is 18.4 Å². The smallest absolute Gasteiger partial charge is 0.0560 e. The van der Waals surface area contributed by atoms with E-state index in [0.717, 1.165) is 11.6 Å². The van der Waals surface area contributed by atoms with Crippen molar-refractivity contribution in [3.8, 4) is 0 Å². The van der Waals surface area contributed by atoms with Crippen molar-refractivity contribution < 1.29 is 0 Å². The van der Waals surface area contributed by atoms with Crippen LogP contribution in [0.3, 0.4) is 0 Å². The minimum atomic E-state index is 0.522. The van der Waals surface area contributed by atoms with Crippen LogP contribution in [0, 0.1) is 0 Å². The molecule has 1 aromatic heterocycles. The van der Waals surface area contributed by atoms with Gasteiger partial charge in [-0.1, -0.05) is 11.6 Å². The highest BCUT2D eigenvalue weighted by Gasteiger charge is 2.18. The van der Waals surface area contributed by atoms with E-state index in [0.29, 0.717) is 6.04 Å². The van der Waals surface area contributed by atoms with E-state index in [4.69, 9.17) is 11.6 Å². The minimum Gasteiger partial charge on any atom is -0.310 e. The van der Waals surface area contributed by atoms with Gasteiger partial charge in [-0.3, -0.25) is 0 Å². The first kappa shape index (κ1) is 7.59. The quantitative estimate of drug-likeness (QED) is 0.713. The highest BCUT2D eigenvalue weighted by molar-refractivity contribution is 7.08. The molecule has 0 radical (unpaired) electrons. The first-order valence-electron chi connectivity index (χ1n) is 3.83. The average molecular weight is 188 g/mol. The van der Waals surface area contributed by atoms with Gasteiger partial charge >= 0.3 is 0 Å². The summed E-state index contributed by atoms with van der Waals surface area (Å²) in [6, 6.07) is 0.522. The second-order valence-electron chi connectivity index (χ2n) is 2.82. The van der Waals surface area contributed by atoms with Gasteiger partial charge in [0, 0.05) is 11.4 Å². The molecule has 1 fully saturated rings. The van der Waals surface area contributed by atoms with Crippen LogP contribution in [0.4, 0.5) is 0 Å². The summed E-state index contributed by atoms with van der Waals surface area (Å²) in [5.74, 6) is 0. The molecule has 0 aromatic carbocycles. The molecule has 0 saturated carbocycles. The van der Waals surface area contributed by atoms with Gasteiger partial charge in [-0.05, 0) is 30.3 Å². The SMILES string of the molecule is Clc1cscc1[C@@H]1CCCN1. The standard InChI is InChI=1S/C8H10ClNS/c9-7-5-11-4-6(7)8-2-1-3-10-8/h4-5,8,10H,1-3H2/t8-/m0/s1. The first-order chi connectivity index (χ1) is 5.38. The first-order valence-corrected chi connectivity index (χ1v) is 5.15. The number of rotatable bonds is 1. The predicted octanol–water partition coefficient (Wildman–Crippen LogP) is 2.83. The average Bonchev–Trinajstić information content (AvgIpc) is 2.55. The molecule has 1 atom stereocenters. The molecule has 0 aliphatic carbocycles. The lowest BCUT2D eigenvalue weighted by Gasteiger charge is -2.07. The zero-order valence-corrected chi connectivity index (χ0v) is 7.71. The van der Waals surface area contributed by atoms with E-state index >= 15 is 0 Å². The third-order valence-electron chi connectivity index (χ3n) is 2.08. The Bertz CT molecular complexity index is 240. The van der Waals surface area contributed by atoms with Gasteiger partial charge in [0.25, 0.3) is 0 Å². The van der Waals surface area contributed by atoms with Crippen molar-refractivity contribution >= 4 is 22.9 Å². The van der Waals surface area contributed by atoms with Crippen molar-refractivity contribution in [2.75, 3.05) is 6.54 Å². The van der Waals surface area contributed by atoms with Crippen LogP contribution >= 0.6 is 22.9 Å². The number of halogens is 1. The number of nitrogens with one attached hydrogen (secondary N) is 1. The predicted molar refractivity (Wildman–Crippen MR) is 49.3 cm³/mol. The van der Waals surface area contributed by atoms with Crippen LogP contribution in [-0.4, -0.2) is 6.54 Å². The number of hydrogen-bond acceptors (Lipinski definition) is 2. The van der Waals surface area contributed by atoms with Crippen LogP contribution in [-0.2, 0) is 0 Å². The second kappa shape index (κ2) is 3.13. The number of hydrogen-bond donors (Lipinski definition) is 1. The fourth-order valence-corrected chi connectivity index (χ4v) is 2.66. The summed E-state index contributed by atoms with van der Waals surface area (Å²) in [4.78, 5) is 0. The lowest BCUT2D eigenvalue weighted by molar-refractivity contribution is 0.650. The summed E-state index contributed by atoms with van der Waals surface area (Å²) in [6.07, 6.45) is 2.51. The molecule has 1 aliphatic rings. The Balaban J connectivity index is 2.21. The molecule has 1 aliphatic heterocycles. The molecule has 2 heterocycles. The molecule has 0 amide bonds. The molecule has 11 heavy (non-hydrogen) atoms. The van der Waals surface area contributed by atoms with Gasteiger partial charge in [-0.25, -0.2) is 0 Å². The molecule has 1 saturated heterocycles. The maximum atomic E-state index is 5.99. The Hall–Kier alpha value is -0.0500. The van der Waals surface area contributed by atoms with Gasteiger partial charge < -0.3 is 5.32 Å². The van der Waals surface area contributed by atoms with Crippen LogP contribution in [0.5, 0.6) is 0 Å². The molecular formula is C8H10ClNS. The van der Waals surface area contributed by atoms with Gasteiger partial charge in [0.05, 0.1) is 5.02 Å². The normalized spacial score (nSPS) is 24.3. The summed E-state index contributed by atoms with van der Waals surface area (Å²) < 4.78 is 0. The lowest BCUT2D eigenvalue weighted by Crippen LogP contribution is -2.12. The Morgan fingerprint density at radius 1 is 1.55 bits per heavy atom. The molecule has 0 spiro atoms. The van der Waals surface area contributed by atoms with Crippen molar-refractivity contribution in [1.82, 2.24) is 5.32 Å². The highest BCUT2D eigenvalue weighted by atomic mass is 35.5. The molecule has 1 nitrogen and oxygen atoms in total. The zero-order chi connectivity index (χ0) is 7.68. The van der Waals surface area contributed by atoms with Crippen molar-refractivity contribution in [3.05, 3.63) is 21.3 Å². The lowest BCUT2D eigenvalue weighted by atomic mass is 10.1. The van der Waals surface area contributed by atoms with Crippen LogP contribution in [0.25, 0.3) is 0 Å². The van der Waals surface area contributed by atoms with Gasteiger partial charge in [-0.15, -0.1) is 0 Å². The fraction of sp³-hybridized carbons (Fsp3) is 0.500. The fourth-order valence-electron chi connectivity index (χ4n) is 1.49. The Morgan fingerprint density at radius 3 is 3.00 bits per heavy atom. The third kappa shape index (κ3) is 1.43. The molecule has 0 unspecified atom stereocenters. The van der Waals surface area contributed by atoms with Crippen molar-refractivity contribution in [1.29, 1.82) is 0 Å². The van der Waals surface area contributed by atoms with Gasteiger partial charge in [-0.2, -0.15) is 11.3 Å². The maximum Gasteiger partial charge on any atom is 0.0560 e. The molecular weight excluding hydrogens is 178 g/mol. The minimum absolute atomic E-state index is 0.522. The van der Waals surface area contributed by atoms with Gasteiger partial charge in [0.1, 0.15) is 0 Å². The van der Waals surface area contributed by atoms with Crippen LogP contribution < -0.4 is 5.32 Å². The molecule has 0 bridgehead atoms. The third-order valence-corrected chi connectivity index (χ3v) is 3.30. The monoisotopic (exact) mass is 187 g/mol. The topological polar surface area (TPSA) is 12.0 Å². The number of thiophene rings is 1. The Kier molecular flexibility index (Phi) is 2.16. The summed E-state index contributed by atoms with van der Waals surface area (Å²) in [7, 11) is 0. The molecule has 2 rings (SSSR count). The second-order valence-corrected chi connectivity index (χ2v) is 3.97. The van der Waals surface area contributed by atoms with Crippen molar-refractivity contribution in [2.24, 2.45) is 0 Å². The summed E-state index contributed by atoms with van der Waals surface area (Å²) in [6.45, 7) is 1.14. The largest absolute Gasteiger partial charge is 0.310 e. The summed E-state index contributed by atoms with van der Waals surface area (Å²) in [5.41, 5.74) is 1.29. The van der Waals surface area contributed by atoms with E-state index in [1.54, 1.807) is 11.3 Å². The molecule has 1 N–H and O–H groups in total. The maximum absolute atomic E-state index is 5.99. The van der Waals surface area contributed by atoms with Crippen LogP contribution in [0.2, 0.25) is 5.02 Å². The Morgan fingerprint density at radius 2 is 2.45 bits per heavy atom. The van der Waals surface area contributed by atoms with Crippen molar-refractivity contribution in [3.63, 3.8) is 0 Å². The van der Waals surface area contributed by atoms with Crippen LogP contribution in [0.1, 0.15) is 24.4 Å². The zero-order valence-electron chi connectivity index (χ0n) is 6.14. The van der Waals surface area contributed by atoms with E-state index in [-0.39, 0.29) is 0 Å². The van der Waals surface area contributed by atoms with E-state index in [9.17, 15) is 0 Å². The molecule has 3 heteroatoms. The molecule has 1 aromatic rings. The van der Waals surface area contributed by atoms with Gasteiger partial charge in [0.2, 0.25) is 0 Å². The van der Waals surface area contributed by atoms with E-state index in [1.807, 2.05) is 5.38 Å². The highest BCUT2D eigenvalue weighted by Crippen LogP contribution is 2.31. The summed E-state index contributed by atoms with van der Waals surface area (Å²) in [5, 5.41) is 8.49. The van der Waals surface area contributed by atoms with E-state index in [2.05, 4.69) is 10.7 Å². The summed E-state index contributed by atoms with van der Waals surface area (Å²) >= 11 is 7.67. The van der Waals surface area contributed by atoms with Crippen molar-refractivity contribution in [2.45, 2.75) is 18.9 Å². The Labute approximate surface area is 75.4 Å². The van der Waals surface area contributed by atoms with E-state index < -0.39 is 0 Å². The van der Waals surface area contributed by atoms with Gasteiger partial charge in [0.15, 0.2) is 0 Å². The molecule has 60 valence electrons. The van der Waals surface area contributed by atoms with Crippen LogP contribution in [0.15, 0.2) is 10.8 Å².